The minimum Gasteiger partial charge on any atom is -0.375 e. The largest absolute Gasteiger partial charge is 0.375 e. The summed E-state index contributed by atoms with van der Waals surface area (Å²) in [7, 11) is -4.00. The molecule has 0 amide bonds. The number of nitrogens with one attached hydrogen (secondary N) is 1. The molecule has 0 aliphatic rings. The zero-order chi connectivity index (χ0) is 17.3. The molecule has 0 bridgehead atoms. The fraction of sp³-hybridized carbons (Fsp3) is 0. The van der Waals surface area contributed by atoms with Crippen molar-refractivity contribution < 1.29 is 8.42 Å². The number of aromatic nitrogens is 1. The summed E-state index contributed by atoms with van der Waals surface area (Å²) in [5, 5.41) is 9.42. The van der Waals surface area contributed by atoms with Gasteiger partial charge in [-0.3, -0.25) is 0 Å². The number of nitriles is 1. The van der Waals surface area contributed by atoms with E-state index in [9.17, 15) is 13.7 Å². The Labute approximate surface area is 144 Å². The van der Waals surface area contributed by atoms with Gasteiger partial charge < -0.3 is 10.7 Å². The molecule has 2 aromatic carbocycles. The number of hydrogen-bond donors (Lipinski definition) is 2. The molecule has 0 atom stereocenters. The van der Waals surface area contributed by atoms with Crippen molar-refractivity contribution in [3.63, 3.8) is 0 Å². The monoisotopic (exact) mass is 356 g/mol. The van der Waals surface area contributed by atoms with Gasteiger partial charge in [-0.15, -0.1) is 0 Å². The lowest BCUT2D eigenvalue weighted by atomic mass is 10.1. The zero-order valence-electron chi connectivity index (χ0n) is 12.3. The topological polar surface area (TPSA) is 103 Å². The van der Waals surface area contributed by atoms with Crippen LogP contribution in [-0.4, -0.2) is 18.5 Å². The van der Waals surface area contributed by atoms with Gasteiger partial charge in [0.1, 0.15) is 6.07 Å². The average Bonchev–Trinajstić information content (AvgIpc) is 2.99. The zero-order valence-corrected chi connectivity index (χ0v) is 13.9. The first-order valence-corrected chi connectivity index (χ1v) is 8.71. The minimum absolute atomic E-state index is 0.0591. The summed E-state index contributed by atoms with van der Waals surface area (Å²) in [4.78, 5) is 3.00. The van der Waals surface area contributed by atoms with E-state index in [1.54, 1.807) is 36.4 Å². The highest BCUT2D eigenvalue weighted by Gasteiger charge is 2.29. The number of fused-ring (bicyclic) bond motifs is 1. The first kappa shape index (κ1) is 16.0. The summed E-state index contributed by atoms with van der Waals surface area (Å²) < 4.78 is 26.9. The van der Waals surface area contributed by atoms with Gasteiger partial charge in [-0.05, 0) is 36.5 Å². The Morgan fingerprint density at radius 2 is 1.88 bits per heavy atom. The van der Waals surface area contributed by atoms with Gasteiger partial charge in [0, 0.05) is 17.1 Å². The molecule has 8 heteroatoms. The fourth-order valence-corrected chi connectivity index (χ4v) is 4.24. The maximum atomic E-state index is 13.0. The molecule has 0 saturated heterocycles. The number of sulfonamides is 1. The SMILES string of the molecule is N#Cc1c[nH]c2cccc(N(C(N)=S)S(=O)(=O)c3ccccc3)c12. The van der Waals surface area contributed by atoms with E-state index in [0.29, 0.717) is 16.5 Å². The molecule has 3 N–H and O–H groups in total. The average molecular weight is 356 g/mol. The van der Waals surface area contributed by atoms with Crippen LogP contribution in [0, 0.1) is 11.3 Å². The third kappa shape index (κ3) is 2.50. The second kappa shape index (κ2) is 5.96. The van der Waals surface area contributed by atoms with Crippen molar-refractivity contribution in [3.8, 4) is 6.07 Å². The molecular formula is C16H12N4O2S2. The van der Waals surface area contributed by atoms with Crippen LogP contribution in [0.4, 0.5) is 5.69 Å². The number of nitrogens with zero attached hydrogens (tertiary/aromatic N) is 2. The second-order valence-electron chi connectivity index (χ2n) is 4.93. The number of rotatable bonds is 3. The smallest absolute Gasteiger partial charge is 0.270 e. The van der Waals surface area contributed by atoms with Crippen LogP contribution in [0.2, 0.25) is 0 Å². The summed E-state index contributed by atoms with van der Waals surface area (Å²) in [6.45, 7) is 0. The van der Waals surface area contributed by atoms with Crippen LogP contribution in [-0.2, 0) is 10.0 Å². The molecule has 0 aliphatic carbocycles. The first-order valence-electron chi connectivity index (χ1n) is 6.87. The van der Waals surface area contributed by atoms with Crippen LogP contribution >= 0.6 is 12.2 Å². The van der Waals surface area contributed by atoms with E-state index < -0.39 is 10.0 Å². The van der Waals surface area contributed by atoms with E-state index in [4.69, 9.17) is 18.0 Å². The van der Waals surface area contributed by atoms with Gasteiger partial charge in [0.2, 0.25) is 0 Å². The predicted molar refractivity (Wildman–Crippen MR) is 95.9 cm³/mol. The molecule has 0 fully saturated rings. The molecule has 1 aromatic heterocycles. The Hall–Kier alpha value is -2.89. The molecule has 24 heavy (non-hydrogen) atoms. The lowest BCUT2D eigenvalue weighted by Crippen LogP contribution is -2.40. The Balaban J connectivity index is 2.31. The highest BCUT2D eigenvalue weighted by Crippen LogP contribution is 2.33. The third-order valence-electron chi connectivity index (χ3n) is 3.50. The van der Waals surface area contributed by atoms with Crippen molar-refractivity contribution in [1.29, 1.82) is 5.26 Å². The Bertz CT molecular complexity index is 1070. The van der Waals surface area contributed by atoms with Crippen molar-refractivity contribution in [2.24, 2.45) is 5.73 Å². The van der Waals surface area contributed by atoms with E-state index in [-0.39, 0.29) is 15.7 Å². The first-order chi connectivity index (χ1) is 11.5. The van der Waals surface area contributed by atoms with Crippen LogP contribution in [0.1, 0.15) is 5.56 Å². The van der Waals surface area contributed by atoms with E-state index in [1.165, 1.54) is 18.3 Å². The van der Waals surface area contributed by atoms with Crippen LogP contribution in [0.3, 0.4) is 0 Å². The molecule has 3 rings (SSSR count). The van der Waals surface area contributed by atoms with Gasteiger partial charge in [-0.1, -0.05) is 24.3 Å². The number of anilines is 1. The summed E-state index contributed by atoms with van der Waals surface area (Å²) in [5.41, 5.74) is 6.90. The minimum atomic E-state index is -4.00. The van der Waals surface area contributed by atoms with Gasteiger partial charge in [0.15, 0.2) is 5.11 Å². The maximum Gasteiger partial charge on any atom is 0.270 e. The molecule has 0 radical (unpaired) electrons. The molecule has 3 aromatic rings. The van der Waals surface area contributed by atoms with Gasteiger partial charge >= 0.3 is 0 Å². The lowest BCUT2D eigenvalue weighted by Gasteiger charge is -2.23. The molecule has 120 valence electrons. The summed E-state index contributed by atoms with van der Waals surface area (Å²) >= 11 is 4.99. The molecule has 1 heterocycles. The highest BCUT2D eigenvalue weighted by atomic mass is 32.2. The molecule has 0 spiro atoms. The number of aromatic amines is 1. The molecule has 6 nitrogen and oxygen atoms in total. The van der Waals surface area contributed by atoms with Crippen LogP contribution < -0.4 is 10.0 Å². The fourth-order valence-electron chi connectivity index (χ4n) is 2.49. The Kier molecular flexibility index (Phi) is 3.97. The van der Waals surface area contributed by atoms with Crippen LogP contribution in [0.25, 0.3) is 10.9 Å². The number of H-pyrrole nitrogens is 1. The van der Waals surface area contributed by atoms with Gasteiger partial charge in [-0.2, -0.15) is 5.26 Å². The highest BCUT2D eigenvalue weighted by molar-refractivity contribution is 7.95. The number of thiocarbonyl (C=S) groups is 1. The van der Waals surface area contributed by atoms with Crippen molar-refractivity contribution >= 4 is 43.9 Å². The molecule has 0 aliphatic heterocycles. The Morgan fingerprint density at radius 3 is 2.50 bits per heavy atom. The lowest BCUT2D eigenvalue weighted by molar-refractivity contribution is 0.597. The van der Waals surface area contributed by atoms with Crippen LogP contribution in [0.5, 0.6) is 0 Å². The quantitative estimate of drug-likeness (QED) is 0.702. The van der Waals surface area contributed by atoms with E-state index >= 15 is 0 Å². The summed E-state index contributed by atoms with van der Waals surface area (Å²) in [6, 6.07) is 14.9. The van der Waals surface area contributed by atoms with E-state index in [0.717, 1.165) is 4.31 Å². The predicted octanol–water partition coefficient (Wildman–Crippen LogP) is 2.48. The third-order valence-corrected chi connectivity index (χ3v) is 5.54. The maximum absolute atomic E-state index is 13.0. The number of benzene rings is 2. The molecular weight excluding hydrogens is 344 g/mol. The van der Waals surface area contributed by atoms with Crippen molar-refractivity contribution in [2.45, 2.75) is 4.90 Å². The number of hydrogen-bond acceptors (Lipinski definition) is 4. The second-order valence-corrected chi connectivity index (χ2v) is 7.14. The van der Waals surface area contributed by atoms with Crippen molar-refractivity contribution in [3.05, 3.63) is 60.3 Å². The van der Waals surface area contributed by atoms with Crippen molar-refractivity contribution in [1.82, 2.24) is 4.98 Å². The standard InChI is InChI=1S/C16H12N4O2S2/c17-9-11-10-19-13-7-4-8-14(15(11)13)20(16(18)23)24(21,22)12-5-2-1-3-6-12/h1-8,10,19H,(H2,18,23). The molecule has 0 saturated carbocycles. The summed E-state index contributed by atoms with van der Waals surface area (Å²) in [5.74, 6) is 0. The van der Waals surface area contributed by atoms with Crippen molar-refractivity contribution in [2.75, 3.05) is 4.31 Å². The van der Waals surface area contributed by atoms with E-state index in [1.807, 2.05) is 6.07 Å². The summed E-state index contributed by atoms with van der Waals surface area (Å²) in [6.07, 6.45) is 1.51. The van der Waals surface area contributed by atoms with Gasteiger partial charge in [-0.25, -0.2) is 12.7 Å². The van der Waals surface area contributed by atoms with E-state index in [2.05, 4.69) is 4.98 Å². The Morgan fingerprint density at radius 1 is 1.17 bits per heavy atom. The molecule has 0 unspecified atom stereocenters. The van der Waals surface area contributed by atoms with Crippen LogP contribution in [0.15, 0.2) is 59.6 Å². The normalized spacial score (nSPS) is 11.1. The van der Waals surface area contributed by atoms with Gasteiger partial charge in [0.25, 0.3) is 10.0 Å². The number of nitrogens with two attached hydrogens (primary N) is 1. The van der Waals surface area contributed by atoms with Gasteiger partial charge in [0.05, 0.1) is 16.1 Å².